The number of halogens is 13. The van der Waals surface area contributed by atoms with Gasteiger partial charge in [0.15, 0.2) is 18.5 Å². The van der Waals surface area contributed by atoms with Gasteiger partial charge in [-0.05, 0) is 12.5 Å². The molecule has 1 unspecified atom stereocenters. The number of nitrogens with zero attached hydrogens (tertiary/aromatic N) is 1. The van der Waals surface area contributed by atoms with E-state index in [1.807, 2.05) is 6.92 Å². The Morgan fingerprint density at radius 2 is 1.14 bits per heavy atom. The Labute approximate surface area is 204 Å². The summed E-state index contributed by atoms with van der Waals surface area (Å²) in [6.07, 6.45) is -2.49. The van der Waals surface area contributed by atoms with E-state index in [-0.39, 0.29) is 6.54 Å². The molecule has 15 heteroatoms. The van der Waals surface area contributed by atoms with Gasteiger partial charge >= 0.3 is 35.8 Å². The lowest BCUT2D eigenvalue weighted by molar-refractivity contribution is -0.698. The fourth-order valence-corrected chi connectivity index (χ4v) is 3.43. The third-order valence-corrected chi connectivity index (χ3v) is 5.77. The minimum atomic E-state index is -8.00. The lowest BCUT2D eigenvalue weighted by Gasteiger charge is -2.40. The highest BCUT2D eigenvalue weighted by molar-refractivity contribution is 5.18. The van der Waals surface area contributed by atoms with E-state index in [1.54, 1.807) is 0 Å². The van der Waals surface area contributed by atoms with E-state index < -0.39 is 47.5 Å². The molecule has 37 heavy (non-hydrogen) atoms. The summed E-state index contributed by atoms with van der Waals surface area (Å²) in [5.74, 6) is -37.9. The number of pyridine rings is 1. The van der Waals surface area contributed by atoms with Crippen molar-refractivity contribution in [2.45, 2.75) is 107 Å². The molecule has 0 spiro atoms. The Bertz CT molecular complexity index is 855. The van der Waals surface area contributed by atoms with Crippen LogP contribution in [0.4, 0.5) is 57.1 Å². The van der Waals surface area contributed by atoms with Crippen LogP contribution in [0.25, 0.3) is 0 Å². The summed E-state index contributed by atoms with van der Waals surface area (Å²) < 4.78 is 174. The average molecular weight is 568 g/mol. The number of aryl methyl sites for hydroxylation is 1. The van der Waals surface area contributed by atoms with Crippen LogP contribution in [0.15, 0.2) is 24.5 Å². The maximum atomic E-state index is 14.3. The monoisotopic (exact) mass is 568 g/mol. The summed E-state index contributed by atoms with van der Waals surface area (Å²) in [6, 6.07) is 1.47. The molecule has 1 atom stereocenters. The molecule has 1 aromatic rings. The molecule has 0 saturated heterocycles. The van der Waals surface area contributed by atoms with Crippen LogP contribution >= 0.6 is 0 Å². The fraction of sp³-hybridized carbons (Fsp3) is 0.773. The number of aliphatic hydroxyl groups is 1. The van der Waals surface area contributed by atoms with Gasteiger partial charge in [-0.25, -0.2) is 4.57 Å². The predicted molar refractivity (Wildman–Crippen MR) is 105 cm³/mol. The van der Waals surface area contributed by atoms with Crippen LogP contribution in [0.5, 0.6) is 0 Å². The summed E-state index contributed by atoms with van der Waals surface area (Å²) >= 11 is 0. The van der Waals surface area contributed by atoms with Crippen LogP contribution in [0.1, 0.15) is 70.0 Å². The molecule has 0 fully saturated rings. The van der Waals surface area contributed by atoms with Gasteiger partial charge in [0, 0.05) is 12.5 Å². The van der Waals surface area contributed by atoms with Crippen molar-refractivity contribution in [2.24, 2.45) is 0 Å². The second-order valence-corrected chi connectivity index (χ2v) is 8.67. The van der Waals surface area contributed by atoms with Crippen LogP contribution in [0.3, 0.4) is 0 Å². The smallest absolute Gasteiger partial charge is 0.382 e. The number of rotatable bonds is 15. The van der Waals surface area contributed by atoms with Crippen molar-refractivity contribution in [3.05, 3.63) is 30.1 Å². The van der Waals surface area contributed by atoms with Crippen molar-refractivity contribution >= 4 is 0 Å². The number of aliphatic hydroxyl groups excluding tert-OH is 1. The lowest BCUT2D eigenvalue weighted by Crippen LogP contribution is -2.70. The summed E-state index contributed by atoms with van der Waals surface area (Å²) in [4.78, 5) is 0. The van der Waals surface area contributed by atoms with Crippen LogP contribution in [-0.4, -0.2) is 40.9 Å². The van der Waals surface area contributed by atoms with E-state index in [9.17, 15) is 62.2 Å². The Morgan fingerprint density at radius 3 is 1.62 bits per heavy atom. The van der Waals surface area contributed by atoms with Crippen molar-refractivity contribution in [3.8, 4) is 0 Å². The minimum Gasteiger partial charge on any atom is -0.382 e. The van der Waals surface area contributed by atoms with Crippen molar-refractivity contribution in [2.75, 3.05) is 0 Å². The summed E-state index contributed by atoms with van der Waals surface area (Å²) in [5.41, 5.74) is -1.19. The molecule has 2 nitrogen and oxygen atoms in total. The number of aromatic nitrogens is 1. The first-order valence-corrected chi connectivity index (χ1v) is 11.3. The van der Waals surface area contributed by atoms with E-state index >= 15 is 0 Å². The van der Waals surface area contributed by atoms with Gasteiger partial charge in [-0.2, -0.15) is 57.1 Å². The molecule has 0 saturated carbocycles. The van der Waals surface area contributed by atoms with Crippen molar-refractivity contribution < 1.29 is 66.7 Å². The molecule has 216 valence electrons. The van der Waals surface area contributed by atoms with E-state index in [1.165, 1.54) is 6.20 Å². The largest absolute Gasteiger partial charge is 0.460 e. The lowest BCUT2D eigenvalue weighted by atomic mass is 9.89. The maximum Gasteiger partial charge on any atom is 0.460 e. The highest BCUT2D eigenvalue weighted by Crippen LogP contribution is 2.61. The van der Waals surface area contributed by atoms with E-state index in [2.05, 4.69) is 0 Å². The quantitative estimate of drug-likeness (QED) is 0.130. The van der Waals surface area contributed by atoms with Gasteiger partial charge in [-0.3, -0.25) is 0 Å². The molecule has 0 radical (unpaired) electrons. The zero-order valence-corrected chi connectivity index (χ0v) is 19.6. The zero-order valence-electron chi connectivity index (χ0n) is 19.6. The number of hydrogen-bond acceptors (Lipinski definition) is 1. The van der Waals surface area contributed by atoms with Crippen molar-refractivity contribution in [1.82, 2.24) is 0 Å². The molecular formula is C22H27F13NO+. The fourth-order valence-electron chi connectivity index (χ4n) is 3.43. The van der Waals surface area contributed by atoms with Gasteiger partial charge < -0.3 is 5.11 Å². The normalized spacial score (nSPS) is 15.2. The summed E-state index contributed by atoms with van der Waals surface area (Å²) in [5, 5.41) is 9.68. The summed E-state index contributed by atoms with van der Waals surface area (Å²) in [6.45, 7) is 2.15. The molecule has 0 aliphatic heterocycles. The highest BCUT2D eigenvalue weighted by Gasteiger charge is 2.91. The molecule has 0 aromatic carbocycles. The first kappa shape index (κ1) is 33.2. The topological polar surface area (TPSA) is 24.1 Å². The van der Waals surface area contributed by atoms with Gasteiger partial charge in [0.2, 0.25) is 0 Å². The second kappa shape index (κ2) is 11.9. The zero-order chi connectivity index (χ0) is 28.9. The Kier molecular flexibility index (Phi) is 10.7. The van der Waals surface area contributed by atoms with E-state index in [0.717, 1.165) is 49.2 Å². The molecule has 0 aliphatic carbocycles. The first-order valence-electron chi connectivity index (χ1n) is 11.3. The third kappa shape index (κ3) is 6.62. The van der Waals surface area contributed by atoms with Gasteiger partial charge in [-0.15, -0.1) is 0 Å². The standard InChI is InChI=1S/C22H27F13NO/c1-2-3-4-5-6-7-8-9-12-36-13-10-11-15(14-36)16(37)17(23,24)18(25,26)19(27,28)20(29,30)21(31,32)22(33,34)35/h10-11,13-14,16,37H,2-9,12H2,1H3/q+1. The number of unbranched alkanes of at least 4 members (excludes halogenated alkanes) is 7. The molecular weight excluding hydrogens is 541 g/mol. The second-order valence-electron chi connectivity index (χ2n) is 8.67. The number of alkyl halides is 13. The SMILES string of the molecule is CCCCCCCCCC[n+]1cccc(C(O)C(F)(F)C(F)(F)C(F)(F)C(F)(F)C(F)(F)C(F)(F)F)c1. The van der Waals surface area contributed by atoms with Gasteiger partial charge in [-0.1, -0.05) is 45.4 Å². The third-order valence-electron chi connectivity index (χ3n) is 5.77. The molecule has 1 aromatic heterocycles. The van der Waals surface area contributed by atoms with Crippen molar-refractivity contribution in [3.63, 3.8) is 0 Å². The molecule has 0 aliphatic rings. The van der Waals surface area contributed by atoms with Gasteiger partial charge in [0.1, 0.15) is 6.54 Å². The predicted octanol–water partition coefficient (Wildman–Crippen LogP) is 7.89. The number of hydrogen-bond donors (Lipinski definition) is 1. The minimum absolute atomic E-state index is 0.101. The molecule has 0 amide bonds. The molecule has 1 rings (SSSR count). The van der Waals surface area contributed by atoms with Crippen LogP contribution in [-0.2, 0) is 6.54 Å². The van der Waals surface area contributed by atoms with Crippen LogP contribution < -0.4 is 4.57 Å². The Morgan fingerprint density at radius 1 is 0.676 bits per heavy atom. The maximum absolute atomic E-state index is 14.3. The van der Waals surface area contributed by atoms with E-state index in [0.29, 0.717) is 25.1 Å². The summed E-state index contributed by atoms with van der Waals surface area (Å²) in [7, 11) is 0. The molecule has 1 N–H and O–H groups in total. The van der Waals surface area contributed by atoms with Gasteiger partial charge in [0.25, 0.3) is 0 Å². The Hall–Kier alpha value is -1.80. The first-order chi connectivity index (χ1) is 16.7. The molecule has 1 heterocycles. The van der Waals surface area contributed by atoms with Crippen LogP contribution in [0, 0.1) is 0 Å². The van der Waals surface area contributed by atoms with Gasteiger partial charge in [0.05, 0.1) is 5.56 Å². The average Bonchev–Trinajstić information content (AvgIpc) is 2.79. The van der Waals surface area contributed by atoms with Crippen LogP contribution in [0.2, 0.25) is 0 Å². The Balaban J connectivity index is 3.07. The van der Waals surface area contributed by atoms with Crippen molar-refractivity contribution in [1.29, 1.82) is 0 Å². The van der Waals surface area contributed by atoms with E-state index in [4.69, 9.17) is 0 Å². The highest BCUT2D eigenvalue weighted by atomic mass is 19.4. The molecule has 0 bridgehead atoms.